The minimum absolute atomic E-state index is 0.0112. The van der Waals surface area contributed by atoms with Crippen molar-refractivity contribution in [2.75, 3.05) is 6.79 Å². The maximum Gasteiger partial charge on any atom is 0.189 e. The van der Waals surface area contributed by atoms with E-state index in [1.807, 2.05) is 32.0 Å². The van der Waals surface area contributed by atoms with Gasteiger partial charge in [-0.15, -0.1) is 0 Å². The van der Waals surface area contributed by atoms with Crippen LogP contribution >= 0.6 is 0 Å². The fourth-order valence-electron chi connectivity index (χ4n) is 1.98. The van der Waals surface area contributed by atoms with Crippen molar-refractivity contribution in [3.8, 4) is 11.5 Å². The van der Waals surface area contributed by atoms with Crippen molar-refractivity contribution in [1.29, 1.82) is 0 Å². The lowest BCUT2D eigenvalue weighted by Crippen LogP contribution is -2.05. The first-order chi connectivity index (χ1) is 10.1. The zero-order valence-electron chi connectivity index (χ0n) is 12.1. The predicted octanol–water partition coefficient (Wildman–Crippen LogP) is 3.37. The van der Waals surface area contributed by atoms with E-state index in [2.05, 4.69) is 0 Å². The number of benzene rings is 2. The van der Waals surface area contributed by atoms with Crippen LogP contribution < -0.4 is 4.74 Å². The smallest absolute Gasteiger partial charge is 0.189 e. The number of carbonyl (C=O) groups excluding carboxylic acids is 1. The zero-order chi connectivity index (χ0) is 15.2. The number of rotatable bonds is 6. The maximum absolute atomic E-state index is 11.0. The lowest BCUT2D eigenvalue weighted by molar-refractivity contribution is 0.00410. The van der Waals surface area contributed by atoms with E-state index in [1.54, 1.807) is 18.2 Å². The Labute approximate surface area is 123 Å². The number of hydrogen-bond acceptors (Lipinski definition) is 4. The predicted molar refractivity (Wildman–Crippen MR) is 79.7 cm³/mol. The van der Waals surface area contributed by atoms with Crippen LogP contribution in [0.3, 0.4) is 0 Å². The fraction of sp³-hybridized carbons (Fsp3) is 0.235. The summed E-state index contributed by atoms with van der Waals surface area (Å²) in [4.78, 5) is 11.0. The molecule has 21 heavy (non-hydrogen) atoms. The van der Waals surface area contributed by atoms with Crippen LogP contribution in [0.5, 0.6) is 11.5 Å². The molecular weight excluding hydrogens is 268 g/mol. The molecule has 0 heterocycles. The number of ether oxygens (including phenoxy) is 2. The molecule has 0 unspecified atom stereocenters. The van der Waals surface area contributed by atoms with Crippen LogP contribution in [0.1, 0.15) is 27.0 Å². The van der Waals surface area contributed by atoms with E-state index in [9.17, 15) is 9.90 Å². The second-order valence-corrected chi connectivity index (χ2v) is 4.90. The topological polar surface area (TPSA) is 55.8 Å². The highest BCUT2D eigenvalue weighted by Gasteiger charge is 2.04. The van der Waals surface area contributed by atoms with Gasteiger partial charge in [0.25, 0.3) is 0 Å². The Balaban J connectivity index is 1.90. The number of aromatic hydroxyl groups is 1. The Bertz CT molecular complexity index is 635. The minimum atomic E-state index is 0.0112. The van der Waals surface area contributed by atoms with Crippen LogP contribution in [0.2, 0.25) is 0 Å². The summed E-state index contributed by atoms with van der Waals surface area (Å²) >= 11 is 0. The summed E-state index contributed by atoms with van der Waals surface area (Å²) in [7, 11) is 0. The van der Waals surface area contributed by atoms with Crippen LogP contribution in [-0.4, -0.2) is 18.2 Å². The summed E-state index contributed by atoms with van der Waals surface area (Å²) in [6.07, 6.45) is 0.759. The highest BCUT2D eigenvalue weighted by molar-refractivity contribution is 5.79. The summed E-state index contributed by atoms with van der Waals surface area (Å²) in [6.45, 7) is 4.11. The molecular formula is C17H18O4. The van der Waals surface area contributed by atoms with Gasteiger partial charge in [-0.2, -0.15) is 0 Å². The molecule has 0 aliphatic carbocycles. The van der Waals surface area contributed by atoms with Crippen molar-refractivity contribution in [1.82, 2.24) is 0 Å². The summed E-state index contributed by atoms with van der Waals surface area (Å²) in [6, 6.07) is 10.7. The van der Waals surface area contributed by atoms with Gasteiger partial charge in [0.05, 0.1) is 12.2 Å². The Morgan fingerprint density at radius 1 is 1.10 bits per heavy atom. The summed E-state index contributed by atoms with van der Waals surface area (Å²) < 4.78 is 10.8. The summed E-state index contributed by atoms with van der Waals surface area (Å²) in [5.74, 6) is 0.689. The second kappa shape index (κ2) is 6.90. The third-order valence-electron chi connectivity index (χ3n) is 3.08. The van der Waals surface area contributed by atoms with Crippen molar-refractivity contribution in [2.24, 2.45) is 0 Å². The number of hydrogen-bond donors (Lipinski definition) is 1. The monoisotopic (exact) mass is 286 g/mol. The molecule has 0 spiro atoms. The van der Waals surface area contributed by atoms with Gasteiger partial charge in [0.2, 0.25) is 0 Å². The third-order valence-corrected chi connectivity index (χ3v) is 3.08. The minimum Gasteiger partial charge on any atom is -0.508 e. The molecule has 0 radical (unpaired) electrons. The molecule has 0 saturated carbocycles. The number of phenolic OH excluding ortho intramolecular Hbond substituents is 1. The molecule has 0 saturated heterocycles. The molecule has 0 aliphatic heterocycles. The lowest BCUT2D eigenvalue weighted by atomic mass is 10.1. The summed E-state index contributed by atoms with van der Waals surface area (Å²) in [5.41, 5.74) is 3.25. The normalized spacial score (nSPS) is 10.4. The van der Waals surface area contributed by atoms with Gasteiger partial charge in [0, 0.05) is 5.56 Å². The molecule has 0 aliphatic rings. The zero-order valence-corrected chi connectivity index (χ0v) is 12.1. The van der Waals surface area contributed by atoms with E-state index in [0.717, 1.165) is 17.4 Å². The van der Waals surface area contributed by atoms with Crippen molar-refractivity contribution in [3.05, 3.63) is 58.7 Å². The van der Waals surface area contributed by atoms with Crippen LogP contribution in [0.15, 0.2) is 36.4 Å². The van der Waals surface area contributed by atoms with Gasteiger partial charge in [0.15, 0.2) is 13.1 Å². The van der Waals surface area contributed by atoms with Gasteiger partial charge < -0.3 is 14.6 Å². The van der Waals surface area contributed by atoms with Gasteiger partial charge in [-0.25, -0.2) is 0 Å². The van der Waals surface area contributed by atoms with Crippen LogP contribution in [0, 0.1) is 13.8 Å². The molecule has 4 heteroatoms. The molecule has 0 amide bonds. The molecule has 0 bridgehead atoms. The molecule has 2 rings (SSSR count). The molecule has 1 N–H and O–H groups in total. The molecule has 2 aromatic rings. The van der Waals surface area contributed by atoms with Gasteiger partial charge in [-0.3, -0.25) is 4.79 Å². The van der Waals surface area contributed by atoms with Crippen LogP contribution in [0.4, 0.5) is 0 Å². The lowest BCUT2D eigenvalue weighted by Gasteiger charge is -2.10. The number of carbonyl (C=O) groups is 1. The van der Waals surface area contributed by atoms with Crippen LogP contribution in [0.25, 0.3) is 0 Å². The Hall–Kier alpha value is -2.33. The largest absolute Gasteiger partial charge is 0.508 e. The van der Waals surface area contributed by atoms with Gasteiger partial charge in [-0.1, -0.05) is 29.3 Å². The average Bonchev–Trinajstić information content (AvgIpc) is 2.48. The highest BCUT2D eigenvalue weighted by Crippen LogP contribution is 2.20. The summed E-state index contributed by atoms with van der Waals surface area (Å²) in [5, 5.41) is 9.70. The van der Waals surface area contributed by atoms with Crippen LogP contribution in [-0.2, 0) is 11.3 Å². The SMILES string of the molecule is Cc1ccc(OCOCc2cc(C)ccc2O)c(C=O)c1. The van der Waals surface area contributed by atoms with E-state index < -0.39 is 0 Å². The molecule has 0 aromatic heterocycles. The van der Waals surface area contributed by atoms with Gasteiger partial charge in [-0.05, 0) is 32.0 Å². The fourth-order valence-corrected chi connectivity index (χ4v) is 1.98. The standard InChI is InChI=1S/C17H18O4/c1-12-3-5-16(19)15(8-12)10-20-11-21-17-6-4-13(2)7-14(17)9-18/h3-9,19H,10-11H2,1-2H3. The molecule has 0 fully saturated rings. The number of aldehydes is 1. The van der Waals surface area contributed by atoms with Crippen molar-refractivity contribution in [3.63, 3.8) is 0 Å². The number of phenols is 1. The average molecular weight is 286 g/mol. The number of aryl methyl sites for hydroxylation is 2. The molecule has 2 aromatic carbocycles. The third kappa shape index (κ3) is 4.07. The van der Waals surface area contributed by atoms with E-state index >= 15 is 0 Å². The first-order valence-corrected chi connectivity index (χ1v) is 6.65. The van der Waals surface area contributed by atoms with Crippen molar-refractivity contribution in [2.45, 2.75) is 20.5 Å². The second-order valence-electron chi connectivity index (χ2n) is 4.90. The molecule has 110 valence electrons. The quantitative estimate of drug-likeness (QED) is 0.502. The van der Waals surface area contributed by atoms with E-state index in [1.165, 1.54) is 0 Å². The van der Waals surface area contributed by atoms with Gasteiger partial charge in [0.1, 0.15) is 11.5 Å². The Morgan fingerprint density at radius 2 is 1.81 bits per heavy atom. The van der Waals surface area contributed by atoms with E-state index in [4.69, 9.17) is 9.47 Å². The Morgan fingerprint density at radius 3 is 2.57 bits per heavy atom. The van der Waals surface area contributed by atoms with Crippen molar-refractivity contribution >= 4 is 6.29 Å². The maximum atomic E-state index is 11.0. The van der Waals surface area contributed by atoms with E-state index in [-0.39, 0.29) is 19.1 Å². The van der Waals surface area contributed by atoms with Crippen molar-refractivity contribution < 1.29 is 19.4 Å². The van der Waals surface area contributed by atoms with E-state index in [0.29, 0.717) is 16.9 Å². The first-order valence-electron chi connectivity index (χ1n) is 6.65. The first kappa shape index (κ1) is 15.1. The highest BCUT2D eigenvalue weighted by atomic mass is 16.7. The van der Waals surface area contributed by atoms with Gasteiger partial charge >= 0.3 is 0 Å². The molecule has 0 atom stereocenters. The Kier molecular flexibility index (Phi) is 4.95. The molecule has 4 nitrogen and oxygen atoms in total.